The monoisotopic (exact) mass is 645 g/mol. The SMILES string of the molecule is COCCCOc1cc(CN(C(=O)[C@@H]2C[C@H](C(=O)NC(CO)CC(C)C)CN(C(=O)OC(C)(C)C)C2)C2CC2)ccc1C(C)(C)C. The van der Waals surface area contributed by atoms with Gasteiger partial charge in [0, 0.05) is 45.8 Å². The predicted octanol–water partition coefficient (Wildman–Crippen LogP) is 5.29. The zero-order valence-corrected chi connectivity index (χ0v) is 29.7. The van der Waals surface area contributed by atoms with E-state index in [9.17, 15) is 19.5 Å². The van der Waals surface area contributed by atoms with Crippen molar-refractivity contribution in [3.63, 3.8) is 0 Å². The van der Waals surface area contributed by atoms with Crippen molar-refractivity contribution in [2.45, 2.75) is 117 Å². The fraction of sp³-hybridized carbons (Fsp3) is 0.750. The van der Waals surface area contributed by atoms with Gasteiger partial charge in [-0.1, -0.05) is 46.8 Å². The highest BCUT2D eigenvalue weighted by Gasteiger charge is 2.43. The molecule has 260 valence electrons. The molecule has 1 heterocycles. The van der Waals surface area contributed by atoms with Gasteiger partial charge in [0.25, 0.3) is 0 Å². The van der Waals surface area contributed by atoms with Gasteiger partial charge in [-0.3, -0.25) is 9.59 Å². The Morgan fingerprint density at radius 2 is 1.72 bits per heavy atom. The van der Waals surface area contributed by atoms with Crippen molar-refractivity contribution in [2.24, 2.45) is 17.8 Å². The second-order valence-corrected chi connectivity index (χ2v) is 15.5. The summed E-state index contributed by atoms with van der Waals surface area (Å²) in [4.78, 5) is 44.5. The fourth-order valence-corrected chi connectivity index (χ4v) is 6.00. The Bertz CT molecular complexity index is 1170. The van der Waals surface area contributed by atoms with E-state index in [1.807, 2.05) is 24.8 Å². The third kappa shape index (κ3) is 11.4. The maximum atomic E-state index is 14.3. The predicted molar refractivity (Wildman–Crippen MR) is 179 cm³/mol. The lowest BCUT2D eigenvalue weighted by atomic mass is 9.85. The smallest absolute Gasteiger partial charge is 0.410 e. The molecule has 1 saturated carbocycles. The van der Waals surface area contributed by atoms with Crippen molar-refractivity contribution in [2.75, 3.05) is 40.0 Å². The molecule has 10 heteroatoms. The van der Waals surface area contributed by atoms with Crippen molar-refractivity contribution in [3.05, 3.63) is 29.3 Å². The molecule has 2 fully saturated rings. The molecular weight excluding hydrogens is 586 g/mol. The zero-order chi connectivity index (χ0) is 34.2. The summed E-state index contributed by atoms with van der Waals surface area (Å²) in [6.07, 6.45) is 3.05. The van der Waals surface area contributed by atoms with Crippen LogP contribution in [0, 0.1) is 17.8 Å². The number of carbonyl (C=O) groups excluding carboxylic acids is 3. The van der Waals surface area contributed by atoms with Crippen LogP contribution < -0.4 is 10.1 Å². The number of ether oxygens (including phenoxy) is 3. The molecule has 3 amide bonds. The van der Waals surface area contributed by atoms with Crippen molar-refractivity contribution >= 4 is 17.9 Å². The van der Waals surface area contributed by atoms with Crippen LogP contribution in [0.25, 0.3) is 0 Å². The number of carbonyl (C=O) groups is 3. The van der Waals surface area contributed by atoms with Crippen LogP contribution in [0.2, 0.25) is 0 Å². The van der Waals surface area contributed by atoms with Crippen LogP contribution in [-0.4, -0.2) is 90.5 Å². The van der Waals surface area contributed by atoms with Crippen LogP contribution in [-0.2, 0) is 31.0 Å². The summed E-state index contributed by atoms with van der Waals surface area (Å²) in [5, 5.41) is 12.9. The van der Waals surface area contributed by atoms with Crippen LogP contribution in [0.5, 0.6) is 5.75 Å². The van der Waals surface area contributed by atoms with Gasteiger partial charge in [-0.15, -0.1) is 0 Å². The summed E-state index contributed by atoms with van der Waals surface area (Å²) in [6, 6.07) is 5.94. The molecule has 3 rings (SSSR count). The van der Waals surface area contributed by atoms with Gasteiger partial charge in [0.2, 0.25) is 11.8 Å². The number of methoxy groups -OCH3 is 1. The van der Waals surface area contributed by atoms with E-state index in [2.05, 4.69) is 38.2 Å². The van der Waals surface area contributed by atoms with Gasteiger partial charge in [-0.2, -0.15) is 0 Å². The zero-order valence-electron chi connectivity index (χ0n) is 29.7. The molecule has 1 unspecified atom stereocenters. The summed E-state index contributed by atoms with van der Waals surface area (Å²) >= 11 is 0. The third-order valence-corrected chi connectivity index (χ3v) is 8.37. The maximum Gasteiger partial charge on any atom is 0.410 e. The van der Waals surface area contributed by atoms with Gasteiger partial charge in [0.1, 0.15) is 11.4 Å². The van der Waals surface area contributed by atoms with E-state index in [4.69, 9.17) is 14.2 Å². The number of rotatable bonds is 14. The molecule has 1 aromatic carbocycles. The Morgan fingerprint density at radius 3 is 2.28 bits per heavy atom. The summed E-state index contributed by atoms with van der Waals surface area (Å²) in [5.41, 5.74) is 1.25. The molecule has 1 saturated heterocycles. The van der Waals surface area contributed by atoms with E-state index >= 15 is 0 Å². The highest BCUT2D eigenvalue weighted by Crippen LogP contribution is 2.36. The number of aliphatic hydroxyl groups excluding tert-OH is 1. The van der Waals surface area contributed by atoms with Gasteiger partial charge in [-0.05, 0) is 75.0 Å². The molecule has 0 bridgehead atoms. The van der Waals surface area contributed by atoms with Crippen LogP contribution in [0.3, 0.4) is 0 Å². The van der Waals surface area contributed by atoms with E-state index < -0.39 is 23.5 Å². The lowest BCUT2D eigenvalue weighted by molar-refractivity contribution is -0.140. The van der Waals surface area contributed by atoms with Crippen LogP contribution in [0.1, 0.15) is 98.6 Å². The number of aliphatic hydroxyl groups is 1. The first kappa shape index (κ1) is 37.6. The molecule has 0 radical (unpaired) electrons. The van der Waals surface area contributed by atoms with E-state index in [0.717, 1.165) is 36.1 Å². The van der Waals surface area contributed by atoms with Crippen LogP contribution in [0.4, 0.5) is 4.79 Å². The van der Waals surface area contributed by atoms with Crippen molar-refractivity contribution in [1.82, 2.24) is 15.1 Å². The Balaban J connectivity index is 1.85. The molecule has 46 heavy (non-hydrogen) atoms. The number of amides is 3. The van der Waals surface area contributed by atoms with Crippen LogP contribution >= 0.6 is 0 Å². The molecule has 1 aliphatic heterocycles. The topological polar surface area (TPSA) is 118 Å². The Kier molecular flexibility index (Phi) is 13.3. The Morgan fingerprint density at radius 1 is 1.04 bits per heavy atom. The van der Waals surface area contributed by atoms with Gasteiger partial charge in [-0.25, -0.2) is 4.79 Å². The summed E-state index contributed by atoms with van der Waals surface area (Å²) in [6.45, 7) is 17.7. The standard InChI is InChI=1S/C36H59N3O7/c1-24(2)17-28(23-40)37-32(41)26-19-27(22-38(21-26)34(43)46-36(6,7)8)33(42)39(29-12-13-29)20-25-11-14-30(35(3,4)5)31(18-25)45-16-10-15-44-9/h11,14,18,24,26-29,40H,10,12-13,15-17,19-23H2,1-9H3,(H,37,41)/t26-,27+,28?/m0/s1. The number of hydrogen-bond acceptors (Lipinski definition) is 7. The minimum Gasteiger partial charge on any atom is -0.493 e. The summed E-state index contributed by atoms with van der Waals surface area (Å²) in [7, 11) is 1.68. The van der Waals surface area contributed by atoms with E-state index in [0.29, 0.717) is 32.6 Å². The summed E-state index contributed by atoms with van der Waals surface area (Å²) < 4.78 is 17.1. The lowest BCUT2D eigenvalue weighted by Crippen LogP contribution is -2.54. The Hall–Kier alpha value is -2.85. The minimum atomic E-state index is -0.715. The van der Waals surface area contributed by atoms with E-state index in [-0.39, 0.29) is 54.9 Å². The number of nitrogens with one attached hydrogen (secondary N) is 1. The maximum absolute atomic E-state index is 14.3. The molecule has 0 spiro atoms. The first-order valence-electron chi connectivity index (χ1n) is 17.0. The van der Waals surface area contributed by atoms with Crippen LogP contribution in [0.15, 0.2) is 18.2 Å². The Labute approximate surface area is 276 Å². The normalized spacial score (nSPS) is 19.5. The third-order valence-electron chi connectivity index (χ3n) is 8.37. The van der Waals surface area contributed by atoms with E-state index in [1.54, 1.807) is 27.9 Å². The molecule has 3 atom stereocenters. The number of likely N-dealkylation sites (tertiary alicyclic amines) is 1. The highest BCUT2D eigenvalue weighted by atomic mass is 16.6. The van der Waals surface area contributed by atoms with E-state index in [1.165, 1.54) is 4.90 Å². The number of benzene rings is 1. The number of hydrogen-bond donors (Lipinski definition) is 2. The second kappa shape index (κ2) is 16.3. The average molecular weight is 646 g/mol. The second-order valence-electron chi connectivity index (χ2n) is 15.5. The first-order chi connectivity index (χ1) is 21.5. The molecule has 2 aliphatic rings. The number of piperidine rings is 1. The van der Waals surface area contributed by atoms with Gasteiger partial charge < -0.3 is 34.4 Å². The molecule has 1 aliphatic carbocycles. The highest BCUT2D eigenvalue weighted by molar-refractivity contribution is 5.84. The molecular formula is C36H59N3O7. The lowest BCUT2D eigenvalue weighted by Gasteiger charge is -2.39. The van der Waals surface area contributed by atoms with Gasteiger partial charge in [0.15, 0.2) is 0 Å². The molecule has 2 N–H and O–H groups in total. The van der Waals surface area contributed by atoms with Gasteiger partial charge in [0.05, 0.1) is 31.1 Å². The number of nitrogens with zero attached hydrogens (tertiary/aromatic N) is 2. The quantitative estimate of drug-likeness (QED) is 0.264. The van der Waals surface area contributed by atoms with Crippen molar-refractivity contribution in [1.29, 1.82) is 0 Å². The molecule has 10 nitrogen and oxygen atoms in total. The van der Waals surface area contributed by atoms with Gasteiger partial charge >= 0.3 is 6.09 Å². The minimum absolute atomic E-state index is 0.0584. The first-order valence-corrected chi connectivity index (χ1v) is 17.0. The molecule has 1 aromatic rings. The summed E-state index contributed by atoms with van der Waals surface area (Å²) in [5.74, 6) is -0.370. The van der Waals surface area contributed by atoms with Crippen molar-refractivity contribution in [3.8, 4) is 5.75 Å². The average Bonchev–Trinajstić information content (AvgIpc) is 3.81. The fourth-order valence-electron chi connectivity index (χ4n) is 6.00. The molecule has 0 aromatic heterocycles. The largest absolute Gasteiger partial charge is 0.493 e. The van der Waals surface area contributed by atoms with Crippen molar-refractivity contribution < 1.29 is 33.7 Å².